The molecule has 1 unspecified atom stereocenters. The molecule has 3 aromatic rings. The van der Waals surface area contributed by atoms with Crippen molar-refractivity contribution in [3.8, 4) is 11.6 Å². The number of anilines is 1. The number of rotatable bonds is 12. The first-order valence-corrected chi connectivity index (χ1v) is 19.7. The minimum atomic E-state index is -3.99. The van der Waals surface area contributed by atoms with Crippen LogP contribution in [0, 0.1) is 11.3 Å². The number of pyridine rings is 1. The van der Waals surface area contributed by atoms with Crippen LogP contribution in [-0.2, 0) is 26.0 Å². The topological polar surface area (TPSA) is 160 Å². The van der Waals surface area contributed by atoms with Crippen molar-refractivity contribution in [1.82, 2.24) is 24.5 Å². The van der Waals surface area contributed by atoms with E-state index in [1.54, 1.807) is 13.3 Å². The molecule has 13 nitrogen and oxygen atoms in total. The van der Waals surface area contributed by atoms with Crippen LogP contribution in [0.15, 0.2) is 48.5 Å². The number of thiazole rings is 1. The number of fused-ring (bicyclic) bond motifs is 1. The number of aryl methyl sites for hydroxylation is 1. The Hall–Kier alpha value is -4.24. The van der Waals surface area contributed by atoms with Crippen molar-refractivity contribution in [1.29, 1.82) is 0 Å². The van der Waals surface area contributed by atoms with Gasteiger partial charge < -0.3 is 19.7 Å². The Balaban J connectivity index is 1.34. The van der Waals surface area contributed by atoms with Crippen LogP contribution in [0.2, 0.25) is 0 Å². The molecule has 6 rings (SSSR count). The fourth-order valence-corrected chi connectivity index (χ4v) is 8.90. The van der Waals surface area contributed by atoms with Crippen LogP contribution in [0.4, 0.5) is 9.93 Å². The van der Waals surface area contributed by atoms with Gasteiger partial charge in [-0.1, -0.05) is 33.8 Å². The van der Waals surface area contributed by atoms with Gasteiger partial charge in [-0.2, -0.15) is 0 Å². The molecule has 5 atom stereocenters. The number of ether oxygens (including phenoxy) is 2. The highest BCUT2D eigenvalue weighted by Gasteiger charge is 2.68. The Labute approximate surface area is 302 Å². The molecule has 2 aromatic heterocycles. The van der Waals surface area contributed by atoms with Crippen molar-refractivity contribution in [2.45, 2.75) is 95.7 Å². The number of sulfonamides is 1. The number of carbonyl (C=O) groups is 3. The van der Waals surface area contributed by atoms with E-state index < -0.39 is 68.2 Å². The molecule has 15 heteroatoms. The second-order valence-electron chi connectivity index (χ2n) is 14.7. The average Bonchev–Trinajstić information content (AvgIpc) is 3.99. The fourth-order valence-electron chi connectivity index (χ4n) is 6.72. The van der Waals surface area contributed by atoms with Gasteiger partial charge in [0, 0.05) is 35.3 Å². The largest absolute Gasteiger partial charge is 0.497 e. The number of likely N-dealkylation sites (tertiary alicyclic amines) is 1. The Kier molecular flexibility index (Phi) is 9.83. The highest BCUT2D eigenvalue weighted by Crippen LogP contribution is 2.51. The lowest BCUT2D eigenvalue weighted by Gasteiger charge is -2.40. The van der Waals surface area contributed by atoms with Crippen molar-refractivity contribution >= 4 is 55.1 Å². The Morgan fingerprint density at radius 2 is 1.98 bits per heavy atom. The molecular formula is C36H46N6O7S2. The summed E-state index contributed by atoms with van der Waals surface area (Å²) in [5.74, 6) is -1.14. The van der Waals surface area contributed by atoms with Crippen molar-refractivity contribution < 1.29 is 32.3 Å². The smallest absolute Gasteiger partial charge is 0.328 e. The van der Waals surface area contributed by atoms with E-state index in [1.165, 1.54) is 22.3 Å². The molecule has 3 heterocycles. The normalized spacial score (nSPS) is 23.7. The van der Waals surface area contributed by atoms with Crippen molar-refractivity contribution in [3.63, 3.8) is 0 Å². The van der Waals surface area contributed by atoms with E-state index in [4.69, 9.17) is 9.47 Å². The molecule has 2 aliphatic carbocycles. The predicted molar refractivity (Wildman–Crippen MR) is 195 cm³/mol. The number of aromatic nitrogens is 2. The molecule has 3 aliphatic rings. The van der Waals surface area contributed by atoms with E-state index in [0.717, 1.165) is 21.4 Å². The number of hydrogen-bond donors (Lipinski definition) is 2. The summed E-state index contributed by atoms with van der Waals surface area (Å²) in [6.45, 7) is 13.4. The maximum atomic E-state index is 15.0. The first kappa shape index (κ1) is 36.5. The number of nitrogens with one attached hydrogen (secondary N) is 2. The van der Waals surface area contributed by atoms with E-state index in [9.17, 15) is 22.8 Å². The summed E-state index contributed by atoms with van der Waals surface area (Å²) >= 11 is 1.35. The van der Waals surface area contributed by atoms with Crippen LogP contribution < -0.4 is 19.5 Å². The second kappa shape index (κ2) is 13.7. The highest BCUT2D eigenvalue weighted by atomic mass is 32.2. The van der Waals surface area contributed by atoms with Crippen LogP contribution in [-0.4, -0.2) is 88.7 Å². The van der Waals surface area contributed by atoms with Gasteiger partial charge in [0.25, 0.3) is 11.8 Å². The number of hydrogen-bond acceptors (Lipinski definition) is 11. The molecule has 1 aliphatic heterocycles. The zero-order chi connectivity index (χ0) is 36.9. The van der Waals surface area contributed by atoms with E-state index in [0.29, 0.717) is 42.4 Å². The van der Waals surface area contributed by atoms with Crippen LogP contribution >= 0.6 is 11.3 Å². The van der Waals surface area contributed by atoms with Crippen molar-refractivity contribution in [2.24, 2.45) is 11.3 Å². The Bertz CT molecular complexity index is 1960. The van der Waals surface area contributed by atoms with E-state index in [1.807, 2.05) is 64.3 Å². The summed E-state index contributed by atoms with van der Waals surface area (Å²) in [7, 11) is -2.40. The van der Waals surface area contributed by atoms with Crippen LogP contribution in [0.3, 0.4) is 0 Å². The standard InChI is InChI=1S/C36H46N6O7S2/c1-8-23-18-36(23,32(44)40-51(46,47)27-11-12-27)42(31(43)29(35(4,5)6)39-33-38-24(9-2)20-50-33)34(45)41-19-26(16-21(41)3)49-30-28-13-10-25(48-7)17-22(28)14-15-37-30/h8,10,13-15,17,20-21,23,26-27,29H,1,9,11-12,16,18-19H2,2-7H3,(H,38,39)(H,40,44)/t21?,23-,26-,29-,36-/m1/s1. The van der Waals surface area contributed by atoms with Gasteiger partial charge in [0.1, 0.15) is 23.4 Å². The first-order valence-electron chi connectivity index (χ1n) is 17.3. The van der Waals surface area contributed by atoms with Crippen LogP contribution in [0.5, 0.6) is 11.6 Å². The summed E-state index contributed by atoms with van der Waals surface area (Å²) < 4.78 is 40.1. The number of methoxy groups -OCH3 is 1. The first-order chi connectivity index (χ1) is 24.1. The lowest BCUT2D eigenvalue weighted by atomic mass is 9.85. The van der Waals surface area contributed by atoms with E-state index >= 15 is 0 Å². The van der Waals surface area contributed by atoms with Gasteiger partial charge in [0.15, 0.2) is 5.13 Å². The zero-order valence-corrected chi connectivity index (χ0v) is 31.5. The average molecular weight is 739 g/mol. The summed E-state index contributed by atoms with van der Waals surface area (Å²) in [4.78, 5) is 55.7. The fraction of sp³-hybridized carbons (Fsp3) is 0.528. The van der Waals surface area contributed by atoms with Gasteiger partial charge in [0.2, 0.25) is 15.9 Å². The number of imide groups is 1. The molecule has 4 amide bonds. The molecule has 3 fully saturated rings. The van der Waals surface area contributed by atoms with Gasteiger partial charge in [-0.05, 0) is 67.7 Å². The number of benzene rings is 1. The molecule has 0 spiro atoms. The number of amides is 4. The minimum absolute atomic E-state index is 0.0413. The molecule has 0 radical (unpaired) electrons. The van der Waals surface area contributed by atoms with Gasteiger partial charge in [-0.25, -0.2) is 28.1 Å². The van der Waals surface area contributed by atoms with E-state index in [-0.39, 0.29) is 13.0 Å². The van der Waals surface area contributed by atoms with Gasteiger partial charge in [-0.15, -0.1) is 17.9 Å². The van der Waals surface area contributed by atoms with E-state index in [2.05, 4.69) is 26.6 Å². The SMILES string of the molecule is C=C[C@@H]1C[C@@]1(C(=O)NS(=O)(=O)C1CC1)N(C(=O)[C@@H](Nc1nc(CC)cs1)C(C)(C)C)C(=O)N1C[C@H](Oc2nccc3cc(OC)ccc23)CC1C. The summed E-state index contributed by atoms with van der Waals surface area (Å²) in [5.41, 5.74) is -1.70. The third-order valence-corrected chi connectivity index (χ3v) is 12.6. The highest BCUT2D eigenvalue weighted by molar-refractivity contribution is 7.91. The predicted octanol–water partition coefficient (Wildman–Crippen LogP) is 5.13. The maximum absolute atomic E-state index is 15.0. The van der Waals surface area contributed by atoms with Crippen molar-refractivity contribution in [2.75, 3.05) is 19.0 Å². The second-order valence-corrected chi connectivity index (χ2v) is 17.5. The molecule has 2 N–H and O–H groups in total. The third kappa shape index (κ3) is 7.14. The van der Waals surface area contributed by atoms with Gasteiger partial charge in [0.05, 0.1) is 24.6 Å². The monoisotopic (exact) mass is 738 g/mol. The molecular weight excluding hydrogens is 693 g/mol. The zero-order valence-electron chi connectivity index (χ0n) is 29.8. The van der Waals surface area contributed by atoms with Gasteiger partial charge in [-0.3, -0.25) is 14.3 Å². The summed E-state index contributed by atoms with van der Waals surface area (Å²) in [5, 5.41) is 6.63. The molecule has 2 saturated carbocycles. The maximum Gasteiger partial charge on any atom is 0.328 e. The van der Waals surface area contributed by atoms with Crippen molar-refractivity contribution in [3.05, 3.63) is 54.2 Å². The molecule has 51 heavy (non-hydrogen) atoms. The molecule has 1 aromatic carbocycles. The Morgan fingerprint density at radius 1 is 1.24 bits per heavy atom. The number of carbonyl (C=O) groups excluding carboxylic acids is 3. The van der Waals surface area contributed by atoms with Gasteiger partial charge >= 0.3 is 6.03 Å². The molecule has 0 bridgehead atoms. The summed E-state index contributed by atoms with van der Waals surface area (Å²) in [6, 6.07) is 5.32. The molecule has 1 saturated heterocycles. The quantitative estimate of drug-likeness (QED) is 0.239. The lowest BCUT2D eigenvalue weighted by molar-refractivity contribution is -0.141. The lowest BCUT2D eigenvalue weighted by Crippen LogP contribution is -2.64. The minimum Gasteiger partial charge on any atom is -0.497 e. The van der Waals surface area contributed by atoms with Crippen LogP contribution in [0.1, 0.15) is 66.0 Å². The Morgan fingerprint density at radius 3 is 2.59 bits per heavy atom. The third-order valence-electron chi connectivity index (χ3n) is 9.96. The van der Waals surface area contributed by atoms with Crippen LogP contribution in [0.25, 0.3) is 10.8 Å². The summed E-state index contributed by atoms with van der Waals surface area (Å²) in [6.07, 6.45) is 4.73. The molecule has 274 valence electrons. The number of nitrogens with zero attached hydrogens (tertiary/aromatic N) is 4. The number of urea groups is 1.